The summed E-state index contributed by atoms with van der Waals surface area (Å²) in [5.41, 5.74) is 8.56. The average molecular weight is 465 g/mol. The van der Waals surface area contributed by atoms with E-state index in [1.165, 1.54) is 16.4 Å². The molecule has 0 aliphatic carbocycles. The van der Waals surface area contributed by atoms with Gasteiger partial charge < -0.3 is 25.0 Å². The van der Waals surface area contributed by atoms with Crippen molar-refractivity contribution in [3.05, 3.63) is 54.1 Å². The molecule has 1 aliphatic rings. The Balaban J connectivity index is 1.30. The number of fused-ring (bicyclic) bond motifs is 1. The first-order valence-corrected chi connectivity index (χ1v) is 11.3. The van der Waals surface area contributed by atoms with Crippen molar-refractivity contribution in [2.45, 2.75) is 18.1 Å². The Morgan fingerprint density at radius 3 is 2.82 bits per heavy atom. The molecule has 0 fully saturated rings. The quantitative estimate of drug-likeness (QED) is 0.396. The normalized spacial score (nSPS) is 12.2. The molecule has 168 valence electrons. The number of nitrogens with zero attached hydrogens (tertiary/aromatic N) is 4. The number of hydrogen-bond acceptors (Lipinski definition) is 9. The Labute approximate surface area is 193 Å². The van der Waals surface area contributed by atoms with Gasteiger partial charge in [-0.05, 0) is 24.0 Å². The van der Waals surface area contributed by atoms with Crippen molar-refractivity contribution in [3.8, 4) is 34.3 Å². The van der Waals surface area contributed by atoms with Crippen molar-refractivity contribution in [1.29, 1.82) is 0 Å². The Morgan fingerprint density at radius 1 is 1.18 bits per heavy atom. The smallest absolute Gasteiger partial charge is 0.264 e. The number of nitrogens with two attached hydrogens (primary N) is 1. The monoisotopic (exact) mass is 464 g/mol. The molecule has 1 amide bonds. The molecule has 3 N–H and O–H groups in total. The topological polar surface area (TPSA) is 130 Å². The van der Waals surface area contributed by atoms with E-state index in [2.05, 4.69) is 20.6 Å². The molecule has 11 heteroatoms. The van der Waals surface area contributed by atoms with Crippen LogP contribution in [-0.2, 0) is 17.9 Å². The molecule has 0 saturated carbocycles. The number of aromatic nitrogens is 4. The lowest BCUT2D eigenvalue weighted by Crippen LogP contribution is -2.28. The van der Waals surface area contributed by atoms with E-state index in [9.17, 15) is 4.79 Å². The van der Waals surface area contributed by atoms with Crippen LogP contribution in [0.2, 0.25) is 0 Å². The van der Waals surface area contributed by atoms with Gasteiger partial charge in [-0.2, -0.15) is 10.1 Å². The van der Waals surface area contributed by atoms with Crippen LogP contribution < -0.4 is 20.5 Å². The van der Waals surface area contributed by atoms with Crippen molar-refractivity contribution in [2.75, 3.05) is 18.8 Å². The number of nitrogens with one attached hydrogen (secondary N) is 1. The highest BCUT2D eigenvalue weighted by molar-refractivity contribution is 7.98. The largest absolute Gasteiger partial charge is 0.454 e. The van der Waals surface area contributed by atoms with E-state index in [-0.39, 0.29) is 31.0 Å². The molecule has 10 nitrogen and oxygen atoms in total. The van der Waals surface area contributed by atoms with Crippen molar-refractivity contribution < 1.29 is 18.8 Å². The van der Waals surface area contributed by atoms with Gasteiger partial charge in [-0.15, -0.1) is 11.8 Å². The summed E-state index contributed by atoms with van der Waals surface area (Å²) in [5, 5.41) is 12.0. The predicted octanol–water partition coefficient (Wildman–Crippen LogP) is 2.95. The molecule has 0 radical (unpaired) electrons. The van der Waals surface area contributed by atoms with Crippen molar-refractivity contribution in [3.63, 3.8) is 0 Å². The molecule has 2 aromatic heterocycles. The standard InChI is InChI=1S/C22H20N6O4S/c1-33-22-18(21-25-20(27-32-21)14-5-3-2-4-6-14)19(23)28(26-22)11-17(29)24-10-13-7-8-15-16(9-13)31-12-30-15/h2-9H,10-12,23H2,1H3,(H,24,29). The first-order valence-electron chi connectivity index (χ1n) is 10.1. The van der Waals surface area contributed by atoms with Crippen LogP contribution in [0.4, 0.5) is 5.82 Å². The third kappa shape index (κ3) is 4.22. The maximum atomic E-state index is 12.6. The second-order valence-corrected chi connectivity index (χ2v) is 7.98. The first-order chi connectivity index (χ1) is 16.1. The number of carbonyl (C=O) groups excluding carboxylic acids is 1. The minimum Gasteiger partial charge on any atom is -0.454 e. The zero-order chi connectivity index (χ0) is 22.8. The Morgan fingerprint density at radius 2 is 2.00 bits per heavy atom. The lowest BCUT2D eigenvalue weighted by atomic mass is 10.2. The van der Waals surface area contributed by atoms with E-state index in [1.54, 1.807) is 0 Å². The molecule has 0 spiro atoms. The summed E-state index contributed by atoms with van der Waals surface area (Å²) >= 11 is 1.38. The number of amides is 1. The third-order valence-electron chi connectivity index (χ3n) is 5.04. The maximum absolute atomic E-state index is 12.6. The van der Waals surface area contributed by atoms with Gasteiger partial charge in [-0.25, -0.2) is 4.68 Å². The van der Waals surface area contributed by atoms with Crippen molar-refractivity contribution >= 4 is 23.5 Å². The molecule has 0 atom stereocenters. The number of thioether (sulfide) groups is 1. The van der Waals surface area contributed by atoms with Gasteiger partial charge in [0.2, 0.25) is 18.5 Å². The molecule has 1 aliphatic heterocycles. The van der Waals surface area contributed by atoms with Crippen LogP contribution >= 0.6 is 11.8 Å². The van der Waals surface area contributed by atoms with Gasteiger partial charge in [0, 0.05) is 12.1 Å². The fraction of sp³-hybridized carbons (Fsp3) is 0.182. The molecule has 0 bridgehead atoms. The minimum absolute atomic E-state index is 0.0520. The average Bonchev–Trinajstić information content (AvgIpc) is 3.57. The lowest BCUT2D eigenvalue weighted by Gasteiger charge is -2.07. The highest BCUT2D eigenvalue weighted by atomic mass is 32.2. The summed E-state index contributed by atoms with van der Waals surface area (Å²) in [5.74, 6) is 2.11. The number of anilines is 1. The van der Waals surface area contributed by atoms with Crippen LogP contribution in [0.5, 0.6) is 11.5 Å². The van der Waals surface area contributed by atoms with Gasteiger partial charge >= 0.3 is 0 Å². The number of rotatable bonds is 7. The second kappa shape index (κ2) is 8.87. The second-order valence-electron chi connectivity index (χ2n) is 7.18. The summed E-state index contributed by atoms with van der Waals surface area (Å²) in [6, 6.07) is 15.0. The fourth-order valence-corrected chi connectivity index (χ4v) is 3.97. The number of nitrogen functional groups attached to an aromatic ring is 1. The molecule has 3 heterocycles. The van der Waals surface area contributed by atoms with Crippen LogP contribution in [0, 0.1) is 0 Å². The summed E-state index contributed by atoms with van der Waals surface area (Å²) < 4.78 is 17.6. The van der Waals surface area contributed by atoms with Gasteiger partial charge in [-0.3, -0.25) is 4.79 Å². The maximum Gasteiger partial charge on any atom is 0.264 e. The number of benzene rings is 2. The molecule has 33 heavy (non-hydrogen) atoms. The number of ether oxygens (including phenoxy) is 2. The zero-order valence-corrected chi connectivity index (χ0v) is 18.5. The summed E-state index contributed by atoms with van der Waals surface area (Å²) in [7, 11) is 0. The molecule has 5 rings (SSSR count). The first kappa shape index (κ1) is 20.9. The van der Waals surface area contributed by atoms with E-state index in [1.807, 2.05) is 54.8 Å². The molecular formula is C22H20N6O4S. The molecule has 0 saturated heterocycles. The minimum atomic E-state index is -0.239. The Hall–Kier alpha value is -3.99. The van der Waals surface area contributed by atoms with Gasteiger partial charge in [-0.1, -0.05) is 41.6 Å². The predicted molar refractivity (Wildman–Crippen MR) is 122 cm³/mol. The highest BCUT2D eigenvalue weighted by Crippen LogP contribution is 2.35. The zero-order valence-electron chi connectivity index (χ0n) is 17.6. The SMILES string of the molecule is CSc1nn(CC(=O)NCc2ccc3c(c2)OCO3)c(N)c1-c1nc(-c2ccccc2)no1. The third-order valence-corrected chi connectivity index (χ3v) is 5.72. The molecule has 2 aromatic carbocycles. The summed E-state index contributed by atoms with van der Waals surface area (Å²) in [4.78, 5) is 17.0. The van der Waals surface area contributed by atoms with E-state index < -0.39 is 0 Å². The van der Waals surface area contributed by atoms with Gasteiger partial charge in [0.15, 0.2) is 11.5 Å². The van der Waals surface area contributed by atoms with Crippen LogP contribution in [0.3, 0.4) is 0 Å². The highest BCUT2D eigenvalue weighted by Gasteiger charge is 2.24. The van der Waals surface area contributed by atoms with E-state index in [0.29, 0.717) is 34.5 Å². The van der Waals surface area contributed by atoms with E-state index >= 15 is 0 Å². The fourth-order valence-electron chi connectivity index (χ4n) is 3.39. The lowest BCUT2D eigenvalue weighted by molar-refractivity contribution is -0.122. The van der Waals surface area contributed by atoms with Crippen LogP contribution in [0.15, 0.2) is 58.1 Å². The summed E-state index contributed by atoms with van der Waals surface area (Å²) in [6.07, 6.45) is 1.86. The number of hydrogen-bond donors (Lipinski definition) is 2. The molecule has 4 aromatic rings. The number of carbonyl (C=O) groups is 1. The molecular weight excluding hydrogens is 444 g/mol. The van der Waals surface area contributed by atoms with Crippen molar-refractivity contribution in [2.24, 2.45) is 0 Å². The molecule has 0 unspecified atom stereocenters. The van der Waals surface area contributed by atoms with Gasteiger partial charge in [0.25, 0.3) is 5.89 Å². The summed E-state index contributed by atoms with van der Waals surface area (Å²) in [6.45, 7) is 0.489. The van der Waals surface area contributed by atoms with Crippen LogP contribution in [0.1, 0.15) is 5.56 Å². The Bertz CT molecular complexity index is 1300. The van der Waals surface area contributed by atoms with Crippen molar-refractivity contribution in [1.82, 2.24) is 25.2 Å². The van der Waals surface area contributed by atoms with Gasteiger partial charge in [0.05, 0.1) is 0 Å². The van der Waals surface area contributed by atoms with Crippen LogP contribution in [-0.4, -0.2) is 38.9 Å². The van der Waals surface area contributed by atoms with Crippen LogP contribution in [0.25, 0.3) is 22.8 Å². The van der Waals surface area contributed by atoms with Gasteiger partial charge in [0.1, 0.15) is 23.0 Å². The van der Waals surface area contributed by atoms with E-state index in [0.717, 1.165) is 11.1 Å². The Kier molecular flexibility index (Phi) is 5.61. The van der Waals surface area contributed by atoms with E-state index in [4.69, 9.17) is 19.7 Å².